The van der Waals surface area contributed by atoms with Gasteiger partial charge in [-0.05, 0) is 56.4 Å². The van der Waals surface area contributed by atoms with Gasteiger partial charge in [0, 0.05) is 47.9 Å². The highest BCUT2D eigenvalue weighted by atomic mass is 16.5. The summed E-state index contributed by atoms with van der Waals surface area (Å²) < 4.78 is 11.2. The highest BCUT2D eigenvalue weighted by molar-refractivity contribution is 6.00. The van der Waals surface area contributed by atoms with Crippen molar-refractivity contribution in [2.75, 3.05) is 31.7 Å². The van der Waals surface area contributed by atoms with Crippen molar-refractivity contribution in [2.45, 2.75) is 58.3 Å². The molecule has 0 aliphatic carbocycles. The molecule has 4 heterocycles. The number of piperidine rings is 1. The molecular weight excluding hydrogens is 428 g/mol. The second-order valence-corrected chi connectivity index (χ2v) is 9.19. The van der Waals surface area contributed by atoms with E-state index in [1.54, 1.807) is 0 Å². The number of aryl methyl sites for hydroxylation is 1. The Labute approximate surface area is 200 Å². The molecule has 34 heavy (non-hydrogen) atoms. The van der Waals surface area contributed by atoms with Crippen molar-refractivity contribution in [3.63, 3.8) is 0 Å². The minimum absolute atomic E-state index is 0.250. The van der Waals surface area contributed by atoms with Crippen molar-refractivity contribution in [3.8, 4) is 17.0 Å². The number of carbonyl (C=O) groups is 1. The lowest BCUT2D eigenvalue weighted by Crippen LogP contribution is -2.31. The first kappa shape index (κ1) is 22.6. The van der Waals surface area contributed by atoms with Crippen LogP contribution >= 0.6 is 0 Å². The standard InChI is InChI=1S/C27H32N4O3/c1-4-8-19(26(32)33-3)22-17(2)29-27(31-14-6-5-7-15-31)30-25(22)20-9-10-21-23-18(12-16-34-21)11-13-28-24(20)23/h9-11,13,19H,4-8,12,14-16H2,1-3H3. The maximum atomic E-state index is 12.9. The van der Waals surface area contributed by atoms with Crippen LogP contribution in [0.3, 0.4) is 0 Å². The van der Waals surface area contributed by atoms with Crippen LogP contribution in [-0.2, 0) is 16.0 Å². The molecule has 2 aliphatic rings. The lowest BCUT2D eigenvalue weighted by molar-refractivity contribution is -0.142. The van der Waals surface area contributed by atoms with Crippen LogP contribution in [0.5, 0.6) is 5.75 Å². The number of hydrogen-bond acceptors (Lipinski definition) is 7. The third-order valence-corrected chi connectivity index (χ3v) is 7.00. The number of methoxy groups -OCH3 is 1. The van der Waals surface area contributed by atoms with Crippen LogP contribution in [0, 0.1) is 6.92 Å². The SMILES string of the molecule is CCCC(C(=O)OC)c1c(C)nc(N2CCCCC2)nc1-c1ccc2c3c(ccnc13)CCO2. The van der Waals surface area contributed by atoms with Crippen molar-refractivity contribution >= 4 is 22.8 Å². The second kappa shape index (κ2) is 9.57. The minimum atomic E-state index is -0.428. The highest BCUT2D eigenvalue weighted by Gasteiger charge is 2.30. The maximum Gasteiger partial charge on any atom is 0.313 e. The molecular formula is C27H32N4O3. The Morgan fingerprint density at radius 1 is 1.18 bits per heavy atom. The summed E-state index contributed by atoms with van der Waals surface area (Å²) in [7, 11) is 1.45. The van der Waals surface area contributed by atoms with Gasteiger partial charge in [0.1, 0.15) is 5.75 Å². The summed E-state index contributed by atoms with van der Waals surface area (Å²) in [5.74, 6) is 0.907. The zero-order valence-electron chi connectivity index (χ0n) is 20.3. The number of carbonyl (C=O) groups excluding carboxylic acids is 1. The summed E-state index contributed by atoms with van der Waals surface area (Å²) in [6, 6.07) is 6.11. The van der Waals surface area contributed by atoms with Crippen molar-refractivity contribution in [1.82, 2.24) is 15.0 Å². The molecule has 7 nitrogen and oxygen atoms in total. The molecule has 1 saturated heterocycles. The largest absolute Gasteiger partial charge is 0.493 e. The Morgan fingerprint density at radius 3 is 2.76 bits per heavy atom. The highest BCUT2D eigenvalue weighted by Crippen LogP contribution is 2.41. The first-order valence-corrected chi connectivity index (χ1v) is 12.4. The van der Waals surface area contributed by atoms with E-state index < -0.39 is 5.92 Å². The number of ether oxygens (including phenoxy) is 2. The number of pyridine rings is 1. The molecule has 1 aromatic carbocycles. The predicted octanol–water partition coefficient (Wildman–Crippen LogP) is 4.98. The normalized spacial score (nSPS) is 16.3. The first-order chi connectivity index (χ1) is 16.6. The molecule has 178 valence electrons. The molecule has 7 heteroatoms. The van der Waals surface area contributed by atoms with Crippen LogP contribution in [0.15, 0.2) is 24.4 Å². The van der Waals surface area contributed by atoms with Gasteiger partial charge in [0.15, 0.2) is 0 Å². The fraction of sp³-hybridized carbons (Fsp3) is 0.481. The third kappa shape index (κ3) is 3.97. The Hall–Kier alpha value is -3.22. The van der Waals surface area contributed by atoms with Crippen molar-refractivity contribution in [2.24, 2.45) is 0 Å². The molecule has 5 rings (SSSR count). The number of rotatable bonds is 6. The van der Waals surface area contributed by atoms with Crippen LogP contribution in [0.1, 0.15) is 61.8 Å². The number of anilines is 1. The van der Waals surface area contributed by atoms with Gasteiger partial charge in [-0.1, -0.05) is 13.3 Å². The number of aromatic nitrogens is 3. The number of esters is 1. The zero-order valence-corrected chi connectivity index (χ0v) is 20.3. The van der Waals surface area contributed by atoms with Crippen molar-refractivity contribution in [1.29, 1.82) is 0 Å². The van der Waals surface area contributed by atoms with Gasteiger partial charge in [-0.25, -0.2) is 9.97 Å². The molecule has 0 amide bonds. The fourth-order valence-electron chi connectivity index (χ4n) is 5.33. The van der Waals surface area contributed by atoms with Crippen LogP contribution in [0.2, 0.25) is 0 Å². The average Bonchev–Trinajstić information content (AvgIpc) is 2.88. The quantitative estimate of drug-likeness (QED) is 0.480. The van der Waals surface area contributed by atoms with Crippen molar-refractivity contribution < 1.29 is 14.3 Å². The smallest absolute Gasteiger partial charge is 0.313 e. The zero-order chi connectivity index (χ0) is 23.7. The molecule has 0 spiro atoms. The van der Waals surface area contributed by atoms with Gasteiger partial charge in [-0.15, -0.1) is 0 Å². The van der Waals surface area contributed by atoms with Crippen LogP contribution < -0.4 is 9.64 Å². The van der Waals surface area contributed by atoms with Crippen molar-refractivity contribution in [3.05, 3.63) is 41.2 Å². The lowest BCUT2D eigenvalue weighted by Gasteiger charge is -2.29. The van der Waals surface area contributed by atoms with E-state index >= 15 is 0 Å². The van der Waals surface area contributed by atoms with E-state index in [-0.39, 0.29) is 5.97 Å². The van der Waals surface area contributed by atoms with E-state index in [0.29, 0.717) is 13.0 Å². The topological polar surface area (TPSA) is 77.4 Å². The van der Waals surface area contributed by atoms with Gasteiger partial charge in [0.25, 0.3) is 0 Å². The maximum absolute atomic E-state index is 12.9. The Kier molecular flexibility index (Phi) is 6.35. The number of hydrogen-bond donors (Lipinski definition) is 0. The molecule has 2 aromatic heterocycles. The van der Waals surface area contributed by atoms with E-state index in [9.17, 15) is 4.79 Å². The Balaban J connectivity index is 1.77. The molecule has 0 radical (unpaired) electrons. The molecule has 0 saturated carbocycles. The number of benzene rings is 1. The summed E-state index contributed by atoms with van der Waals surface area (Å²) in [4.78, 5) is 30.0. The van der Waals surface area contributed by atoms with E-state index in [2.05, 4.69) is 17.9 Å². The molecule has 0 bridgehead atoms. The molecule has 1 fully saturated rings. The molecule has 0 N–H and O–H groups in total. The summed E-state index contributed by atoms with van der Waals surface area (Å²) in [6.07, 6.45) is 7.75. The summed E-state index contributed by atoms with van der Waals surface area (Å²) >= 11 is 0. The van der Waals surface area contributed by atoms with E-state index in [1.807, 2.05) is 25.3 Å². The predicted molar refractivity (Wildman–Crippen MR) is 132 cm³/mol. The van der Waals surface area contributed by atoms with E-state index in [4.69, 9.17) is 24.4 Å². The third-order valence-electron chi connectivity index (χ3n) is 7.00. The van der Waals surface area contributed by atoms with Crippen LogP contribution in [-0.4, -0.2) is 47.7 Å². The number of nitrogens with zero attached hydrogens (tertiary/aromatic N) is 4. The van der Waals surface area contributed by atoms with Gasteiger partial charge >= 0.3 is 5.97 Å². The molecule has 3 aromatic rings. The van der Waals surface area contributed by atoms with Gasteiger partial charge in [0.2, 0.25) is 5.95 Å². The van der Waals surface area contributed by atoms with Gasteiger partial charge in [-0.3, -0.25) is 9.78 Å². The van der Waals surface area contributed by atoms with E-state index in [0.717, 1.165) is 83.9 Å². The Bertz CT molecular complexity index is 1210. The van der Waals surface area contributed by atoms with Gasteiger partial charge < -0.3 is 14.4 Å². The molecule has 2 aliphatic heterocycles. The average molecular weight is 461 g/mol. The van der Waals surface area contributed by atoms with Gasteiger partial charge in [0.05, 0.1) is 30.8 Å². The van der Waals surface area contributed by atoms with Crippen LogP contribution in [0.4, 0.5) is 5.95 Å². The second-order valence-electron chi connectivity index (χ2n) is 9.19. The molecule has 1 atom stereocenters. The monoisotopic (exact) mass is 460 g/mol. The fourth-order valence-corrected chi connectivity index (χ4v) is 5.33. The Morgan fingerprint density at radius 2 is 2.00 bits per heavy atom. The van der Waals surface area contributed by atoms with Crippen LogP contribution in [0.25, 0.3) is 22.2 Å². The summed E-state index contributed by atoms with van der Waals surface area (Å²) in [5.41, 5.74) is 5.45. The summed E-state index contributed by atoms with van der Waals surface area (Å²) in [5, 5.41) is 1.04. The lowest BCUT2D eigenvalue weighted by atomic mass is 9.88. The van der Waals surface area contributed by atoms with Gasteiger partial charge in [-0.2, -0.15) is 0 Å². The minimum Gasteiger partial charge on any atom is -0.493 e. The summed E-state index contributed by atoms with van der Waals surface area (Å²) in [6.45, 7) is 6.63. The van der Waals surface area contributed by atoms with E-state index in [1.165, 1.54) is 19.1 Å². The first-order valence-electron chi connectivity index (χ1n) is 12.4. The molecule has 1 unspecified atom stereocenters.